The first-order valence-electron chi connectivity index (χ1n) is 9.92. The summed E-state index contributed by atoms with van der Waals surface area (Å²) in [5.41, 5.74) is 3.13. The number of nitrogens with one attached hydrogen (secondary N) is 1. The Hall–Kier alpha value is -3.12. The van der Waals surface area contributed by atoms with Crippen LogP contribution in [0.2, 0.25) is 0 Å². The van der Waals surface area contributed by atoms with Crippen molar-refractivity contribution in [3.05, 3.63) is 71.1 Å². The van der Waals surface area contributed by atoms with Crippen molar-refractivity contribution in [1.29, 1.82) is 0 Å². The summed E-state index contributed by atoms with van der Waals surface area (Å²) >= 11 is 1.33. The molecule has 0 aliphatic carbocycles. The first kappa shape index (κ1) is 21.6. The van der Waals surface area contributed by atoms with Gasteiger partial charge < -0.3 is 14.8 Å². The molecule has 0 fully saturated rings. The van der Waals surface area contributed by atoms with Crippen LogP contribution in [0.15, 0.2) is 60.0 Å². The molecule has 0 saturated heterocycles. The van der Waals surface area contributed by atoms with E-state index < -0.39 is 5.97 Å². The number of carbonyl (C=O) groups excluding carboxylic acids is 2. The lowest BCUT2D eigenvalue weighted by Gasteiger charge is -2.10. The fourth-order valence-corrected chi connectivity index (χ4v) is 3.98. The lowest BCUT2D eigenvalue weighted by molar-refractivity contribution is -0.116. The van der Waals surface area contributed by atoms with Gasteiger partial charge in [0.2, 0.25) is 5.91 Å². The van der Waals surface area contributed by atoms with E-state index in [-0.39, 0.29) is 12.5 Å². The molecule has 3 aromatic rings. The number of esters is 1. The van der Waals surface area contributed by atoms with E-state index in [1.54, 1.807) is 6.92 Å². The molecular weight excluding hydrogens is 398 g/mol. The summed E-state index contributed by atoms with van der Waals surface area (Å²) in [6.07, 6.45) is 0.874. The van der Waals surface area contributed by atoms with Gasteiger partial charge in [0.15, 0.2) is 0 Å². The molecule has 0 bridgehead atoms. The van der Waals surface area contributed by atoms with E-state index in [1.165, 1.54) is 11.3 Å². The minimum Gasteiger partial charge on any atom is -0.493 e. The third kappa shape index (κ3) is 5.48. The molecular formula is C24H25NO4S. The molecule has 3 rings (SSSR count). The van der Waals surface area contributed by atoms with Gasteiger partial charge in [-0.15, -0.1) is 11.3 Å². The zero-order valence-electron chi connectivity index (χ0n) is 17.1. The molecule has 0 aliphatic rings. The summed E-state index contributed by atoms with van der Waals surface area (Å²) in [6.45, 7) is 4.47. The standard InChI is InChI=1S/C24H25NO4S/c1-3-28-24(27)22-19(18-11-5-4-6-12-18)16-30-23(22)25-21(26)14-9-15-29-20-13-8-7-10-17(20)2/h4-8,10-13,16H,3,9,14-15H2,1-2H3,(H,25,26). The summed E-state index contributed by atoms with van der Waals surface area (Å²) in [6, 6.07) is 17.4. The Morgan fingerprint density at radius 3 is 2.50 bits per heavy atom. The van der Waals surface area contributed by atoms with E-state index in [4.69, 9.17) is 9.47 Å². The normalized spacial score (nSPS) is 10.5. The van der Waals surface area contributed by atoms with Crippen LogP contribution in [0, 0.1) is 6.92 Å². The molecule has 1 heterocycles. The zero-order chi connectivity index (χ0) is 21.3. The van der Waals surface area contributed by atoms with E-state index in [0.717, 1.165) is 22.4 Å². The van der Waals surface area contributed by atoms with Crippen LogP contribution in [0.4, 0.5) is 5.00 Å². The molecule has 0 unspecified atom stereocenters. The zero-order valence-corrected chi connectivity index (χ0v) is 18.0. The summed E-state index contributed by atoms with van der Waals surface area (Å²) in [4.78, 5) is 25.0. The highest BCUT2D eigenvalue weighted by molar-refractivity contribution is 7.15. The molecule has 2 aromatic carbocycles. The average molecular weight is 424 g/mol. The highest BCUT2D eigenvalue weighted by Gasteiger charge is 2.22. The van der Waals surface area contributed by atoms with E-state index in [9.17, 15) is 9.59 Å². The number of aryl methyl sites for hydroxylation is 1. The van der Waals surface area contributed by atoms with Crippen LogP contribution < -0.4 is 10.1 Å². The van der Waals surface area contributed by atoms with Gasteiger partial charge in [0, 0.05) is 17.4 Å². The molecule has 1 N–H and O–H groups in total. The number of benzene rings is 2. The maximum absolute atomic E-state index is 12.6. The number of carbonyl (C=O) groups is 2. The second-order valence-electron chi connectivity index (χ2n) is 6.71. The van der Waals surface area contributed by atoms with Gasteiger partial charge in [-0.05, 0) is 37.5 Å². The van der Waals surface area contributed by atoms with Gasteiger partial charge in [0.1, 0.15) is 16.3 Å². The first-order valence-corrected chi connectivity index (χ1v) is 10.8. The number of anilines is 1. The minimum atomic E-state index is -0.434. The maximum Gasteiger partial charge on any atom is 0.341 e. The fraction of sp³-hybridized carbons (Fsp3) is 0.250. The first-order chi connectivity index (χ1) is 14.6. The summed E-state index contributed by atoms with van der Waals surface area (Å²) < 4.78 is 11.0. The van der Waals surface area contributed by atoms with Crippen LogP contribution in [-0.4, -0.2) is 25.1 Å². The lowest BCUT2D eigenvalue weighted by atomic mass is 10.0. The Bertz CT molecular complexity index is 997. The van der Waals surface area contributed by atoms with Gasteiger partial charge in [-0.25, -0.2) is 4.79 Å². The molecule has 1 amide bonds. The van der Waals surface area contributed by atoms with Gasteiger partial charge >= 0.3 is 5.97 Å². The second-order valence-corrected chi connectivity index (χ2v) is 7.59. The Morgan fingerprint density at radius 2 is 1.77 bits per heavy atom. The molecule has 0 saturated carbocycles. The number of ether oxygens (including phenoxy) is 2. The Balaban J connectivity index is 1.64. The van der Waals surface area contributed by atoms with Crippen LogP contribution in [0.3, 0.4) is 0 Å². The number of amides is 1. The highest BCUT2D eigenvalue weighted by Crippen LogP contribution is 2.36. The van der Waals surface area contributed by atoms with E-state index in [1.807, 2.05) is 66.9 Å². The predicted molar refractivity (Wildman–Crippen MR) is 120 cm³/mol. The molecule has 0 radical (unpaired) electrons. The highest BCUT2D eigenvalue weighted by atomic mass is 32.1. The van der Waals surface area contributed by atoms with Crippen LogP contribution >= 0.6 is 11.3 Å². The van der Waals surface area contributed by atoms with Crippen molar-refractivity contribution >= 4 is 28.2 Å². The topological polar surface area (TPSA) is 64.6 Å². The lowest BCUT2D eigenvalue weighted by Crippen LogP contribution is -2.15. The Kier molecular flexibility index (Phi) is 7.63. The molecule has 1 aromatic heterocycles. The molecule has 0 aliphatic heterocycles. The fourth-order valence-electron chi connectivity index (χ4n) is 3.01. The van der Waals surface area contributed by atoms with Gasteiger partial charge in [0.25, 0.3) is 0 Å². The minimum absolute atomic E-state index is 0.157. The summed E-state index contributed by atoms with van der Waals surface area (Å²) in [5.74, 6) is 0.236. The van der Waals surface area contributed by atoms with Gasteiger partial charge in [-0.3, -0.25) is 4.79 Å². The van der Waals surface area contributed by atoms with E-state index in [0.29, 0.717) is 30.0 Å². The summed E-state index contributed by atoms with van der Waals surface area (Å²) in [5, 5.41) is 5.26. The monoisotopic (exact) mass is 423 g/mol. The van der Waals surface area contributed by atoms with Crippen molar-refractivity contribution < 1.29 is 19.1 Å². The SMILES string of the molecule is CCOC(=O)c1c(-c2ccccc2)csc1NC(=O)CCCOc1ccccc1C. The molecule has 156 valence electrons. The second kappa shape index (κ2) is 10.6. The largest absolute Gasteiger partial charge is 0.493 e. The van der Waals surface area contributed by atoms with Crippen molar-refractivity contribution in [2.45, 2.75) is 26.7 Å². The molecule has 0 spiro atoms. The number of hydrogen-bond acceptors (Lipinski definition) is 5. The van der Waals surface area contributed by atoms with Crippen LogP contribution in [0.25, 0.3) is 11.1 Å². The van der Waals surface area contributed by atoms with Gasteiger partial charge in [0.05, 0.1) is 13.2 Å². The van der Waals surface area contributed by atoms with Crippen molar-refractivity contribution in [3.8, 4) is 16.9 Å². The number of rotatable bonds is 9. The van der Waals surface area contributed by atoms with E-state index in [2.05, 4.69) is 5.32 Å². The number of para-hydroxylation sites is 1. The van der Waals surface area contributed by atoms with Crippen molar-refractivity contribution in [3.63, 3.8) is 0 Å². The maximum atomic E-state index is 12.6. The Labute approximate surface area is 180 Å². The molecule has 30 heavy (non-hydrogen) atoms. The molecule has 5 nitrogen and oxygen atoms in total. The van der Waals surface area contributed by atoms with Crippen molar-refractivity contribution in [1.82, 2.24) is 0 Å². The van der Waals surface area contributed by atoms with Crippen molar-refractivity contribution in [2.24, 2.45) is 0 Å². The number of hydrogen-bond donors (Lipinski definition) is 1. The third-order valence-electron chi connectivity index (χ3n) is 4.51. The summed E-state index contributed by atoms with van der Waals surface area (Å²) in [7, 11) is 0. The molecule has 0 atom stereocenters. The van der Waals surface area contributed by atoms with E-state index >= 15 is 0 Å². The van der Waals surface area contributed by atoms with Gasteiger partial charge in [-0.1, -0.05) is 48.5 Å². The van der Waals surface area contributed by atoms with Crippen LogP contribution in [0.5, 0.6) is 5.75 Å². The Morgan fingerprint density at radius 1 is 1.03 bits per heavy atom. The van der Waals surface area contributed by atoms with Crippen LogP contribution in [0.1, 0.15) is 35.7 Å². The van der Waals surface area contributed by atoms with Crippen LogP contribution in [-0.2, 0) is 9.53 Å². The average Bonchev–Trinajstić information content (AvgIpc) is 3.16. The number of thiophene rings is 1. The quantitative estimate of drug-likeness (QED) is 0.354. The predicted octanol–water partition coefficient (Wildman–Crippen LogP) is 5.70. The third-order valence-corrected chi connectivity index (χ3v) is 5.40. The van der Waals surface area contributed by atoms with Gasteiger partial charge in [-0.2, -0.15) is 0 Å². The molecule has 6 heteroatoms. The van der Waals surface area contributed by atoms with Crippen molar-refractivity contribution in [2.75, 3.05) is 18.5 Å². The smallest absolute Gasteiger partial charge is 0.341 e.